The minimum Gasteiger partial charge on any atom is -0.315 e. The Hall–Kier alpha value is -0.0800. The second-order valence-corrected chi connectivity index (χ2v) is 6.16. The first-order chi connectivity index (χ1) is 8.31. The maximum atomic E-state index is 3.58. The van der Waals surface area contributed by atoms with Gasteiger partial charge in [-0.25, -0.2) is 0 Å². The molecule has 2 rings (SSSR count). The zero-order valence-electron chi connectivity index (χ0n) is 11.8. The molecule has 0 saturated carbocycles. The summed E-state index contributed by atoms with van der Waals surface area (Å²) in [5.74, 6) is 1.90. The Kier molecular flexibility index (Phi) is 5.30. The van der Waals surface area contributed by atoms with Crippen molar-refractivity contribution in [2.45, 2.75) is 58.4 Å². The first-order valence-electron chi connectivity index (χ1n) is 7.76. The van der Waals surface area contributed by atoms with Gasteiger partial charge in [-0.05, 0) is 57.2 Å². The summed E-state index contributed by atoms with van der Waals surface area (Å²) in [5, 5.41) is 3.58. The van der Waals surface area contributed by atoms with Crippen molar-refractivity contribution in [2.24, 2.45) is 11.8 Å². The minimum atomic E-state index is 0.809. The molecule has 1 N–H and O–H groups in total. The van der Waals surface area contributed by atoms with Crippen LogP contribution in [0.25, 0.3) is 0 Å². The summed E-state index contributed by atoms with van der Waals surface area (Å²) in [6.45, 7) is 9.91. The Balaban J connectivity index is 1.84. The fraction of sp³-hybridized carbons (Fsp3) is 1.00. The van der Waals surface area contributed by atoms with Gasteiger partial charge in [-0.15, -0.1) is 0 Å². The molecule has 2 heteroatoms. The van der Waals surface area contributed by atoms with Crippen LogP contribution in [0.4, 0.5) is 0 Å². The largest absolute Gasteiger partial charge is 0.315 e. The quantitative estimate of drug-likeness (QED) is 0.813. The maximum Gasteiger partial charge on any atom is 0.0246 e. The van der Waals surface area contributed by atoms with Crippen LogP contribution in [0.5, 0.6) is 0 Å². The van der Waals surface area contributed by atoms with E-state index in [1.54, 1.807) is 0 Å². The molecular weight excluding hydrogens is 208 g/mol. The molecule has 2 heterocycles. The zero-order valence-corrected chi connectivity index (χ0v) is 11.8. The molecule has 0 bridgehead atoms. The van der Waals surface area contributed by atoms with Gasteiger partial charge in [0.05, 0.1) is 0 Å². The first kappa shape index (κ1) is 13.4. The van der Waals surface area contributed by atoms with Crippen molar-refractivity contribution < 1.29 is 0 Å². The highest BCUT2D eigenvalue weighted by Crippen LogP contribution is 2.26. The van der Waals surface area contributed by atoms with Crippen LogP contribution in [-0.2, 0) is 0 Å². The van der Waals surface area contributed by atoms with Gasteiger partial charge in [0.1, 0.15) is 0 Å². The standard InChI is InChI=1S/C15H30N2/c1-3-5-14-6-4-10-17(11-8-14)15-12-16-9-7-13(15)2/h13-16H,3-12H2,1-2H3. The van der Waals surface area contributed by atoms with E-state index in [0.717, 1.165) is 17.9 Å². The second kappa shape index (κ2) is 6.75. The van der Waals surface area contributed by atoms with Gasteiger partial charge in [-0.3, -0.25) is 4.90 Å². The number of hydrogen-bond acceptors (Lipinski definition) is 2. The Morgan fingerprint density at radius 1 is 1.18 bits per heavy atom. The monoisotopic (exact) mass is 238 g/mol. The summed E-state index contributed by atoms with van der Waals surface area (Å²) in [5.41, 5.74) is 0. The zero-order chi connectivity index (χ0) is 12.1. The highest BCUT2D eigenvalue weighted by Gasteiger charge is 2.28. The summed E-state index contributed by atoms with van der Waals surface area (Å²) < 4.78 is 0. The molecule has 0 amide bonds. The normalized spacial score (nSPS) is 36.7. The van der Waals surface area contributed by atoms with Crippen LogP contribution in [0.15, 0.2) is 0 Å². The van der Waals surface area contributed by atoms with Crippen LogP contribution in [0, 0.1) is 11.8 Å². The molecule has 0 spiro atoms. The minimum absolute atomic E-state index is 0.809. The third-order valence-electron chi connectivity index (χ3n) is 4.83. The van der Waals surface area contributed by atoms with E-state index in [4.69, 9.17) is 0 Å². The lowest BCUT2D eigenvalue weighted by Crippen LogP contribution is -2.50. The van der Waals surface area contributed by atoms with Gasteiger partial charge in [0, 0.05) is 12.6 Å². The molecule has 2 nitrogen and oxygen atoms in total. The molecule has 0 aromatic rings. The predicted octanol–water partition coefficient (Wildman–Crippen LogP) is 2.89. The topological polar surface area (TPSA) is 15.3 Å². The highest BCUT2D eigenvalue weighted by molar-refractivity contribution is 4.85. The molecule has 2 aliphatic rings. The molecule has 0 aliphatic carbocycles. The summed E-state index contributed by atoms with van der Waals surface area (Å²) in [4.78, 5) is 2.78. The van der Waals surface area contributed by atoms with E-state index >= 15 is 0 Å². The van der Waals surface area contributed by atoms with Gasteiger partial charge in [-0.1, -0.05) is 26.7 Å². The van der Waals surface area contributed by atoms with Crippen LogP contribution >= 0.6 is 0 Å². The van der Waals surface area contributed by atoms with Crippen molar-refractivity contribution >= 4 is 0 Å². The summed E-state index contributed by atoms with van der Waals surface area (Å²) in [7, 11) is 0. The Morgan fingerprint density at radius 3 is 2.82 bits per heavy atom. The van der Waals surface area contributed by atoms with Crippen molar-refractivity contribution in [3.8, 4) is 0 Å². The molecular formula is C15H30N2. The maximum absolute atomic E-state index is 3.58. The van der Waals surface area contributed by atoms with Crippen LogP contribution in [-0.4, -0.2) is 37.1 Å². The number of rotatable bonds is 3. The number of hydrogen-bond donors (Lipinski definition) is 1. The molecule has 100 valence electrons. The summed E-state index contributed by atoms with van der Waals surface area (Å²) in [6.07, 6.45) is 8.52. The lowest BCUT2D eigenvalue weighted by atomic mass is 9.93. The number of piperidine rings is 1. The van der Waals surface area contributed by atoms with Gasteiger partial charge in [0.25, 0.3) is 0 Å². The predicted molar refractivity (Wildman–Crippen MR) is 74.3 cm³/mol. The summed E-state index contributed by atoms with van der Waals surface area (Å²) >= 11 is 0. The molecule has 17 heavy (non-hydrogen) atoms. The molecule has 0 aromatic heterocycles. The van der Waals surface area contributed by atoms with Crippen molar-refractivity contribution in [1.29, 1.82) is 0 Å². The van der Waals surface area contributed by atoms with E-state index in [9.17, 15) is 0 Å². The molecule has 2 fully saturated rings. The lowest BCUT2D eigenvalue weighted by Gasteiger charge is -2.38. The van der Waals surface area contributed by atoms with E-state index < -0.39 is 0 Å². The van der Waals surface area contributed by atoms with Crippen molar-refractivity contribution in [2.75, 3.05) is 26.2 Å². The number of nitrogens with one attached hydrogen (secondary N) is 1. The smallest absolute Gasteiger partial charge is 0.0246 e. The fourth-order valence-electron chi connectivity index (χ4n) is 3.68. The molecule has 2 aliphatic heterocycles. The average molecular weight is 238 g/mol. The Morgan fingerprint density at radius 2 is 2.06 bits per heavy atom. The third kappa shape index (κ3) is 3.69. The van der Waals surface area contributed by atoms with E-state index in [1.165, 1.54) is 64.7 Å². The average Bonchev–Trinajstić information content (AvgIpc) is 2.56. The Bertz CT molecular complexity index is 217. The van der Waals surface area contributed by atoms with Gasteiger partial charge >= 0.3 is 0 Å². The Labute approximate surface area is 107 Å². The summed E-state index contributed by atoms with van der Waals surface area (Å²) in [6, 6.07) is 0.809. The highest BCUT2D eigenvalue weighted by atomic mass is 15.2. The van der Waals surface area contributed by atoms with Crippen molar-refractivity contribution in [3.05, 3.63) is 0 Å². The molecule has 3 atom stereocenters. The number of nitrogens with zero attached hydrogens (tertiary/aromatic N) is 1. The molecule has 2 saturated heterocycles. The molecule has 0 aromatic carbocycles. The van der Waals surface area contributed by atoms with E-state index in [1.807, 2.05) is 0 Å². The second-order valence-electron chi connectivity index (χ2n) is 6.16. The van der Waals surface area contributed by atoms with Gasteiger partial charge in [0.15, 0.2) is 0 Å². The molecule has 3 unspecified atom stereocenters. The van der Waals surface area contributed by atoms with Crippen LogP contribution in [0.2, 0.25) is 0 Å². The van der Waals surface area contributed by atoms with Gasteiger partial charge in [-0.2, -0.15) is 0 Å². The molecule has 0 radical (unpaired) electrons. The van der Waals surface area contributed by atoms with Crippen molar-refractivity contribution in [1.82, 2.24) is 10.2 Å². The number of likely N-dealkylation sites (tertiary alicyclic amines) is 1. The van der Waals surface area contributed by atoms with Gasteiger partial charge in [0.2, 0.25) is 0 Å². The fourth-order valence-corrected chi connectivity index (χ4v) is 3.68. The van der Waals surface area contributed by atoms with Crippen molar-refractivity contribution in [3.63, 3.8) is 0 Å². The lowest BCUT2D eigenvalue weighted by molar-refractivity contribution is 0.125. The van der Waals surface area contributed by atoms with E-state index in [2.05, 4.69) is 24.1 Å². The third-order valence-corrected chi connectivity index (χ3v) is 4.83. The van der Waals surface area contributed by atoms with Crippen LogP contribution < -0.4 is 5.32 Å². The van der Waals surface area contributed by atoms with E-state index in [0.29, 0.717) is 0 Å². The van der Waals surface area contributed by atoms with Crippen LogP contribution in [0.3, 0.4) is 0 Å². The van der Waals surface area contributed by atoms with Gasteiger partial charge < -0.3 is 5.32 Å². The van der Waals surface area contributed by atoms with Crippen LogP contribution in [0.1, 0.15) is 52.4 Å². The first-order valence-corrected chi connectivity index (χ1v) is 7.76. The van der Waals surface area contributed by atoms with E-state index in [-0.39, 0.29) is 0 Å². The SMILES string of the molecule is CCCC1CCCN(C2CNCCC2C)CC1.